The Labute approximate surface area is 96.4 Å². The van der Waals surface area contributed by atoms with Gasteiger partial charge in [0.25, 0.3) is 10.2 Å². The smallest absolute Gasteiger partial charge is 0.274 e. The number of hydrogen-bond acceptors (Lipinski definition) is 3. The standard InChI is InChI=1S/C9H19N3O3S/c1-2-9(13)12-5-3-4-8(7-12)6-11-16(10,14)15/h8,11H,2-7H2,1H3,(H2,10,14,15)/t8-/m1/s1. The fourth-order valence-electron chi connectivity index (χ4n) is 1.92. The minimum Gasteiger partial charge on any atom is -0.342 e. The van der Waals surface area contributed by atoms with Crippen LogP contribution in [0.3, 0.4) is 0 Å². The Morgan fingerprint density at radius 1 is 1.56 bits per heavy atom. The predicted octanol–water partition coefficient (Wildman–Crippen LogP) is -0.572. The molecule has 0 radical (unpaired) electrons. The van der Waals surface area contributed by atoms with E-state index in [9.17, 15) is 13.2 Å². The molecule has 1 amide bonds. The maximum absolute atomic E-state index is 11.5. The minimum absolute atomic E-state index is 0.125. The molecule has 6 nitrogen and oxygen atoms in total. The van der Waals surface area contributed by atoms with Crippen LogP contribution >= 0.6 is 0 Å². The first-order valence-corrected chi connectivity index (χ1v) is 7.02. The molecule has 1 fully saturated rings. The van der Waals surface area contributed by atoms with E-state index in [1.165, 1.54) is 0 Å². The molecule has 1 saturated heterocycles. The topological polar surface area (TPSA) is 92.5 Å². The van der Waals surface area contributed by atoms with Crippen LogP contribution in [-0.4, -0.2) is 38.9 Å². The molecule has 0 aromatic rings. The number of carbonyl (C=O) groups is 1. The van der Waals surface area contributed by atoms with Gasteiger partial charge in [-0.05, 0) is 18.8 Å². The maximum Gasteiger partial charge on any atom is 0.274 e. The third-order valence-electron chi connectivity index (χ3n) is 2.75. The maximum atomic E-state index is 11.5. The van der Waals surface area contributed by atoms with Gasteiger partial charge in [0.2, 0.25) is 5.91 Å². The van der Waals surface area contributed by atoms with E-state index in [-0.39, 0.29) is 11.8 Å². The van der Waals surface area contributed by atoms with Crippen molar-refractivity contribution >= 4 is 16.1 Å². The van der Waals surface area contributed by atoms with Crippen LogP contribution in [0.2, 0.25) is 0 Å². The lowest BCUT2D eigenvalue weighted by molar-refractivity contribution is -0.132. The molecule has 1 aliphatic rings. The Bertz CT molecular complexity index is 342. The summed E-state index contributed by atoms with van der Waals surface area (Å²) in [5.74, 6) is 0.294. The molecule has 3 N–H and O–H groups in total. The van der Waals surface area contributed by atoms with E-state index in [4.69, 9.17) is 5.14 Å². The zero-order valence-corrected chi connectivity index (χ0v) is 10.3. The van der Waals surface area contributed by atoms with Gasteiger partial charge in [0.1, 0.15) is 0 Å². The molecule has 94 valence electrons. The molecule has 16 heavy (non-hydrogen) atoms. The average Bonchev–Trinajstić information content (AvgIpc) is 2.25. The van der Waals surface area contributed by atoms with Gasteiger partial charge < -0.3 is 4.90 Å². The number of nitrogens with two attached hydrogens (primary N) is 1. The lowest BCUT2D eigenvalue weighted by Crippen LogP contribution is -2.44. The van der Waals surface area contributed by atoms with Crippen molar-refractivity contribution in [2.24, 2.45) is 11.1 Å². The van der Waals surface area contributed by atoms with Crippen LogP contribution < -0.4 is 9.86 Å². The van der Waals surface area contributed by atoms with Crippen LogP contribution in [0.1, 0.15) is 26.2 Å². The lowest BCUT2D eigenvalue weighted by atomic mass is 9.98. The van der Waals surface area contributed by atoms with Crippen LogP contribution in [-0.2, 0) is 15.0 Å². The van der Waals surface area contributed by atoms with E-state index >= 15 is 0 Å². The van der Waals surface area contributed by atoms with Gasteiger partial charge in [-0.25, -0.2) is 9.86 Å². The van der Waals surface area contributed by atoms with Gasteiger partial charge in [-0.3, -0.25) is 4.79 Å². The number of amides is 1. The molecular formula is C9H19N3O3S. The van der Waals surface area contributed by atoms with Crippen LogP contribution in [0.25, 0.3) is 0 Å². The fourth-order valence-corrected chi connectivity index (χ4v) is 2.38. The normalized spacial score (nSPS) is 22.1. The Morgan fingerprint density at radius 3 is 2.81 bits per heavy atom. The first kappa shape index (κ1) is 13.4. The monoisotopic (exact) mass is 249 g/mol. The third kappa shape index (κ3) is 4.46. The highest BCUT2D eigenvalue weighted by atomic mass is 32.2. The number of likely N-dealkylation sites (tertiary alicyclic amines) is 1. The van der Waals surface area contributed by atoms with E-state index in [0.29, 0.717) is 19.5 Å². The molecule has 7 heteroatoms. The lowest BCUT2D eigenvalue weighted by Gasteiger charge is -2.32. The summed E-state index contributed by atoms with van der Waals surface area (Å²) >= 11 is 0. The highest BCUT2D eigenvalue weighted by Crippen LogP contribution is 2.16. The van der Waals surface area contributed by atoms with E-state index in [1.54, 1.807) is 4.90 Å². The van der Waals surface area contributed by atoms with E-state index in [0.717, 1.165) is 19.4 Å². The molecule has 0 spiro atoms. The summed E-state index contributed by atoms with van der Waals surface area (Å²) in [4.78, 5) is 13.3. The summed E-state index contributed by atoms with van der Waals surface area (Å²) in [5.41, 5.74) is 0. The number of nitrogens with zero attached hydrogens (tertiary/aromatic N) is 1. The van der Waals surface area contributed by atoms with Crippen molar-refractivity contribution in [3.05, 3.63) is 0 Å². The van der Waals surface area contributed by atoms with Crippen LogP contribution in [0.15, 0.2) is 0 Å². The second-order valence-corrected chi connectivity index (χ2v) is 5.47. The molecule has 0 saturated carbocycles. The largest absolute Gasteiger partial charge is 0.342 e. The van der Waals surface area contributed by atoms with E-state index in [2.05, 4.69) is 4.72 Å². The van der Waals surface area contributed by atoms with Gasteiger partial charge in [0.15, 0.2) is 0 Å². The van der Waals surface area contributed by atoms with Crippen molar-refractivity contribution in [2.75, 3.05) is 19.6 Å². The van der Waals surface area contributed by atoms with Crippen molar-refractivity contribution in [1.82, 2.24) is 9.62 Å². The first-order valence-electron chi connectivity index (χ1n) is 5.47. The molecule has 0 aromatic carbocycles. The predicted molar refractivity (Wildman–Crippen MR) is 60.7 cm³/mol. The molecule has 0 bridgehead atoms. The van der Waals surface area contributed by atoms with Crippen LogP contribution in [0, 0.1) is 5.92 Å². The zero-order valence-electron chi connectivity index (χ0n) is 9.48. The van der Waals surface area contributed by atoms with Crippen molar-refractivity contribution < 1.29 is 13.2 Å². The van der Waals surface area contributed by atoms with E-state index in [1.807, 2.05) is 6.92 Å². The van der Waals surface area contributed by atoms with Crippen molar-refractivity contribution in [3.63, 3.8) is 0 Å². The van der Waals surface area contributed by atoms with Gasteiger partial charge in [0, 0.05) is 26.1 Å². The molecule has 0 aliphatic carbocycles. The van der Waals surface area contributed by atoms with Crippen molar-refractivity contribution in [3.8, 4) is 0 Å². The van der Waals surface area contributed by atoms with Gasteiger partial charge >= 0.3 is 0 Å². The minimum atomic E-state index is -3.62. The molecule has 1 rings (SSSR count). The van der Waals surface area contributed by atoms with Crippen LogP contribution in [0.5, 0.6) is 0 Å². The highest BCUT2D eigenvalue weighted by Gasteiger charge is 2.23. The highest BCUT2D eigenvalue weighted by molar-refractivity contribution is 7.87. The van der Waals surface area contributed by atoms with Gasteiger partial charge in [-0.2, -0.15) is 8.42 Å². The number of nitrogens with one attached hydrogen (secondary N) is 1. The Balaban J connectivity index is 2.42. The second-order valence-electron chi connectivity index (χ2n) is 4.10. The Morgan fingerprint density at radius 2 is 2.25 bits per heavy atom. The number of piperidine rings is 1. The third-order valence-corrected chi connectivity index (χ3v) is 3.32. The second kappa shape index (κ2) is 5.60. The number of hydrogen-bond donors (Lipinski definition) is 2. The summed E-state index contributed by atoms with van der Waals surface area (Å²) < 4.78 is 23.7. The average molecular weight is 249 g/mol. The zero-order chi connectivity index (χ0) is 12.2. The van der Waals surface area contributed by atoms with Gasteiger partial charge in [-0.1, -0.05) is 6.92 Å². The van der Waals surface area contributed by atoms with E-state index < -0.39 is 10.2 Å². The van der Waals surface area contributed by atoms with Crippen molar-refractivity contribution in [2.45, 2.75) is 26.2 Å². The molecule has 1 aliphatic heterocycles. The number of carbonyl (C=O) groups excluding carboxylic acids is 1. The van der Waals surface area contributed by atoms with Crippen molar-refractivity contribution in [1.29, 1.82) is 0 Å². The number of rotatable bonds is 4. The SMILES string of the molecule is CCC(=O)N1CCC[C@H](CNS(N)(=O)=O)C1. The summed E-state index contributed by atoms with van der Waals surface area (Å²) in [5, 5.41) is 4.85. The summed E-state index contributed by atoms with van der Waals surface area (Å²) in [6.45, 7) is 3.54. The quantitative estimate of drug-likeness (QED) is 0.698. The Kier molecular flexibility index (Phi) is 4.69. The molecule has 1 heterocycles. The molecule has 0 unspecified atom stereocenters. The summed E-state index contributed by atoms with van der Waals surface area (Å²) in [6.07, 6.45) is 2.34. The summed E-state index contributed by atoms with van der Waals surface area (Å²) in [7, 11) is -3.62. The fraction of sp³-hybridized carbons (Fsp3) is 0.889. The Hall–Kier alpha value is -0.660. The van der Waals surface area contributed by atoms with Crippen LogP contribution in [0.4, 0.5) is 0 Å². The molecule has 0 aromatic heterocycles. The van der Waals surface area contributed by atoms with Gasteiger partial charge in [0.05, 0.1) is 0 Å². The first-order chi connectivity index (χ1) is 7.42. The molecule has 1 atom stereocenters. The van der Waals surface area contributed by atoms with Gasteiger partial charge in [-0.15, -0.1) is 0 Å². The molecular weight excluding hydrogens is 230 g/mol. The summed E-state index contributed by atoms with van der Waals surface area (Å²) in [6, 6.07) is 0.